The second kappa shape index (κ2) is 9.22. The molecule has 0 aliphatic carbocycles. The van der Waals surface area contributed by atoms with Crippen LogP contribution in [0.2, 0.25) is 0 Å². The van der Waals surface area contributed by atoms with Crippen molar-refractivity contribution >= 4 is 12.4 Å². The molecule has 0 aliphatic rings. The van der Waals surface area contributed by atoms with Crippen LogP contribution < -0.4 is 0 Å². The van der Waals surface area contributed by atoms with E-state index in [9.17, 15) is 5.11 Å². The van der Waals surface area contributed by atoms with Gasteiger partial charge in [0.15, 0.2) is 0 Å². The highest BCUT2D eigenvalue weighted by atomic mass is 35.5. The van der Waals surface area contributed by atoms with Crippen LogP contribution in [0, 0.1) is 5.92 Å². The van der Waals surface area contributed by atoms with Crippen molar-refractivity contribution in [1.29, 1.82) is 0 Å². The molecule has 2 rings (SSSR count). The molecule has 0 fully saturated rings. The Labute approximate surface area is 152 Å². The van der Waals surface area contributed by atoms with E-state index in [2.05, 4.69) is 81.4 Å². The highest BCUT2D eigenvalue weighted by molar-refractivity contribution is 5.85. The van der Waals surface area contributed by atoms with Gasteiger partial charge >= 0.3 is 0 Å². The second-order valence-electron chi connectivity index (χ2n) is 6.69. The highest BCUT2D eigenvalue weighted by Gasteiger charge is 2.45. The third kappa shape index (κ3) is 4.00. The van der Waals surface area contributed by atoms with Gasteiger partial charge in [0.1, 0.15) is 0 Å². The molecule has 2 aromatic rings. The van der Waals surface area contributed by atoms with Crippen LogP contribution in [0.5, 0.6) is 0 Å². The van der Waals surface area contributed by atoms with E-state index in [1.54, 1.807) is 0 Å². The van der Waals surface area contributed by atoms with Crippen molar-refractivity contribution in [3.8, 4) is 0 Å². The SMILES string of the molecule is CC[C@@H](O)C(c1ccccc1)(c1ccccc1)[C@@H](C)CN(C)C.Cl. The average Bonchev–Trinajstić information content (AvgIpc) is 2.56. The smallest absolute Gasteiger partial charge is 0.0677 e. The van der Waals surface area contributed by atoms with E-state index < -0.39 is 11.5 Å². The summed E-state index contributed by atoms with van der Waals surface area (Å²) in [5, 5.41) is 11.1. The molecule has 0 heterocycles. The number of hydrogen-bond acceptors (Lipinski definition) is 2. The normalized spacial score (nSPS) is 14.1. The molecule has 24 heavy (non-hydrogen) atoms. The topological polar surface area (TPSA) is 23.5 Å². The Hall–Kier alpha value is -1.35. The lowest BCUT2D eigenvalue weighted by molar-refractivity contribution is 0.0580. The Kier molecular flexibility index (Phi) is 7.95. The molecular formula is C21H30ClNO. The van der Waals surface area contributed by atoms with Crippen LogP contribution in [0.15, 0.2) is 60.7 Å². The van der Waals surface area contributed by atoms with Gasteiger partial charge in [-0.15, -0.1) is 12.4 Å². The number of rotatable bonds is 7. The lowest BCUT2D eigenvalue weighted by atomic mass is 9.62. The summed E-state index contributed by atoms with van der Waals surface area (Å²) < 4.78 is 0. The second-order valence-corrected chi connectivity index (χ2v) is 6.69. The van der Waals surface area contributed by atoms with Gasteiger partial charge in [-0.2, -0.15) is 0 Å². The first-order valence-corrected chi connectivity index (χ1v) is 8.47. The number of aliphatic hydroxyl groups excluding tert-OH is 1. The summed E-state index contributed by atoms with van der Waals surface area (Å²) in [5.74, 6) is 0.275. The van der Waals surface area contributed by atoms with Gasteiger partial charge in [0.2, 0.25) is 0 Å². The molecule has 0 spiro atoms. The maximum absolute atomic E-state index is 11.1. The fraction of sp³-hybridized carbons (Fsp3) is 0.429. The average molecular weight is 348 g/mol. The minimum atomic E-state index is -0.428. The van der Waals surface area contributed by atoms with E-state index in [0.717, 1.165) is 13.0 Å². The van der Waals surface area contributed by atoms with Gasteiger partial charge < -0.3 is 10.0 Å². The van der Waals surface area contributed by atoms with Crippen LogP contribution in [-0.4, -0.2) is 36.8 Å². The quantitative estimate of drug-likeness (QED) is 0.804. The van der Waals surface area contributed by atoms with Crippen molar-refractivity contribution in [2.24, 2.45) is 5.92 Å². The summed E-state index contributed by atoms with van der Waals surface area (Å²) in [4.78, 5) is 2.20. The molecule has 0 unspecified atom stereocenters. The molecule has 0 saturated heterocycles. The number of hydrogen-bond donors (Lipinski definition) is 1. The summed E-state index contributed by atoms with van der Waals surface area (Å²) in [6.07, 6.45) is 0.295. The Balaban J connectivity index is 0.00000288. The molecule has 1 N–H and O–H groups in total. The van der Waals surface area contributed by atoms with Gasteiger partial charge in [0.25, 0.3) is 0 Å². The van der Waals surface area contributed by atoms with Crippen molar-refractivity contribution in [3.63, 3.8) is 0 Å². The highest BCUT2D eigenvalue weighted by Crippen LogP contribution is 2.43. The summed E-state index contributed by atoms with van der Waals surface area (Å²) in [7, 11) is 4.19. The minimum absolute atomic E-state index is 0. The molecule has 2 atom stereocenters. The first-order chi connectivity index (χ1) is 11.0. The van der Waals surface area contributed by atoms with Crippen molar-refractivity contribution in [2.45, 2.75) is 31.8 Å². The van der Waals surface area contributed by atoms with E-state index in [4.69, 9.17) is 0 Å². The predicted molar refractivity (Wildman–Crippen MR) is 105 cm³/mol. The summed E-state index contributed by atoms with van der Waals surface area (Å²) in [5.41, 5.74) is 1.98. The number of halogens is 1. The fourth-order valence-corrected chi connectivity index (χ4v) is 3.89. The molecule has 0 bridgehead atoms. The zero-order valence-corrected chi connectivity index (χ0v) is 16.0. The molecular weight excluding hydrogens is 318 g/mol. The molecule has 2 aromatic carbocycles. The maximum atomic E-state index is 11.1. The number of benzene rings is 2. The first kappa shape index (κ1) is 20.7. The Morgan fingerprint density at radius 2 is 1.33 bits per heavy atom. The lowest BCUT2D eigenvalue weighted by Crippen LogP contribution is -2.49. The van der Waals surface area contributed by atoms with E-state index in [-0.39, 0.29) is 18.3 Å². The zero-order valence-electron chi connectivity index (χ0n) is 15.1. The maximum Gasteiger partial charge on any atom is 0.0677 e. The largest absolute Gasteiger partial charge is 0.392 e. The van der Waals surface area contributed by atoms with E-state index in [0.29, 0.717) is 0 Å². The molecule has 0 saturated carbocycles. The van der Waals surface area contributed by atoms with Gasteiger partial charge in [0, 0.05) is 12.0 Å². The Morgan fingerprint density at radius 3 is 1.67 bits per heavy atom. The van der Waals surface area contributed by atoms with Crippen molar-refractivity contribution in [3.05, 3.63) is 71.8 Å². The summed E-state index contributed by atoms with van der Waals surface area (Å²) in [6, 6.07) is 20.9. The monoisotopic (exact) mass is 347 g/mol. The molecule has 0 radical (unpaired) electrons. The number of aliphatic hydroxyl groups is 1. The fourth-order valence-electron chi connectivity index (χ4n) is 3.89. The van der Waals surface area contributed by atoms with Gasteiger partial charge in [-0.1, -0.05) is 74.5 Å². The van der Waals surface area contributed by atoms with Gasteiger partial charge in [-0.05, 0) is 37.6 Å². The lowest BCUT2D eigenvalue weighted by Gasteiger charge is -2.45. The van der Waals surface area contributed by atoms with Gasteiger partial charge in [-0.25, -0.2) is 0 Å². The Morgan fingerprint density at radius 1 is 0.917 bits per heavy atom. The molecule has 0 amide bonds. The molecule has 3 heteroatoms. The van der Waals surface area contributed by atoms with Crippen molar-refractivity contribution in [1.82, 2.24) is 4.90 Å². The van der Waals surface area contributed by atoms with Crippen molar-refractivity contribution in [2.75, 3.05) is 20.6 Å². The van der Waals surface area contributed by atoms with Crippen LogP contribution in [-0.2, 0) is 5.41 Å². The zero-order chi connectivity index (χ0) is 16.9. The van der Waals surface area contributed by atoms with Crippen LogP contribution in [0.1, 0.15) is 31.4 Å². The van der Waals surface area contributed by atoms with E-state index in [1.807, 2.05) is 12.1 Å². The number of nitrogens with zero attached hydrogens (tertiary/aromatic N) is 1. The minimum Gasteiger partial charge on any atom is -0.392 e. The molecule has 0 aromatic heterocycles. The van der Waals surface area contributed by atoms with Crippen molar-refractivity contribution < 1.29 is 5.11 Å². The van der Waals surface area contributed by atoms with Crippen LogP contribution in [0.3, 0.4) is 0 Å². The van der Waals surface area contributed by atoms with Gasteiger partial charge in [-0.3, -0.25) is 0 Å². The van der Waals surface area contributed by atoms with Crippen LogP contribution >= 0.6 is 12.4 Å². The van der Waals surface area contributed by atoms with E-state index in [1.165, 1.54) is 11.1 Å². The van der Waals surface area contributed by atoms with E-state index >= 15 is 0 Å². The molecule has 2 nitrogen and oxygen atoms in total. The Bertz CT molecular complexity index is 546. The van der Waals surface area contributed by atoms with Crippen LogP contribution in [0.25, 0.3) is 0 Å². The molecule has 132 valence electrons. The third-order valence-electron chi connectivity index (χ3n) is 4.83. The standard InChI is InChI=1S/C21H29NO.ClH/c1-5-20(23)21(17(2)16-22(3)4,18-12-8-6-9-13-18)19-14-10-7-11-15-19;/h6-15,17,20,23H,5,16H2,1-4H3;1H/t17-,20+;/m0./s1. The third-order valence-corrected chi connectivity index (χ3v) is 4.83. The summed E-state index contributed by atoms with van der Waals surface area (Å²) in [6.45, 7) is 5.23. The van der Waals surface area contributed by atoms with Crippen LogP contribution in [0.4, 0.5) is 0 Å². The molecule has 0 aliphatic heterocycles. The summed E-state index contributed by atoms with van der Waals surface area (Å²) >= 11 is 0. The first-order valence-electron chi connectivity index (χ1n) is 8.47. The predicted octanol–water partition coefficient (Wildman–Crippen LogP) is 4.36. The van der Waals surface area contributed by atoms with Gasteiger partial charge in [0.05, 0.1) is 6.10 Å².